The Morgan fingerprint density at radius 3 is 2.40 bits per heavy atom. The number of phenolic OH excluding ortho intramolecular Hbond substituents is 1. The van der Waals surface area contributed by atoms with E-state index in [2.05, 4.69) is 46.4 Å². The fourth-order valence-electron chi connectivity index (χ4n) is 13.1. The summed E-state index contributed by atoms with van der Waals surface area (Å²) in [5.41, 5.74) is 5.16. The molecule has 7 heterocycles. The van der Waals surface area contributed by atoms with E-state index in [4.69, 9.17) is 35.6 Å². The van der Waals surface area contributed by atoms with Gasteiger partial charge in [0.1, 0.15) is 29.0 Å². The van der Waals surface area contributed by atoms with Crippen LogP contribution in [-0.4, -0.2) is 141 Å². The van der Waals surface area contributed by atoms with E-state index in [9.17, 15) is 24.6 Å². The van der Waals surface area contributed by atoms with Crippen LogP contribution in [0.15, 0.2) is 82.8 Å². The van der Waals surface area contributed by atoms with E-state index in [0.717, 1.165) is 77.4 Å². The van der Waals surface area contributed by atoms with Gasteiger partial charge in [-0.25, -0.2) is 14.2 Å². The van der Waals surface area contributed by atoms with Crippen molar-refractivity contribution in [3.8, 4) is 33.3 Å². The molecule has 4 fully saturated rings. The van der Waals surface area contributed by atoms with Crippen molar-refractivity contribution in [2.24, 2.45) is 17.3 Å². The number of nitrogens with zero attached hydrogens (tertiary/aromatic N) is 8. The number of thiazole rings is 1. The number of anilines is 2. The second-order valence-electron chi connectivity index (χ2n) is 25.3. The minimum absolute atomic E-state index is 0.00157. The average molecular weight is 1230 g/mol. The van der Waals surface area contributed by atoms with Gasteiger partial charge in [-0.3, -0.25) is 9.59 Å². The number of hydrogen-bond donors (Lipinski definition) is 4. The molecule has 4 aliphatic rings. The number of aromatic nitrogens is 4. The van der Waals surface area contributed by atoms with Gasteiger partial charge in [-0.05, 0) is 103 Å². The van der Waals surface area contributed by atoms with Crippen molar-refractivity contribution in [1.82, 2.24) is 40.5 Å². The van der Waals surface area contributed by atoms with E-state index in [1.165, 1.54) is 4.90 Å². The van der Waals surface area contributed by atoms with Crippen molar-refractivity contribution in [2.45, 2.75) is 136 Å². The number of hydrogen-bond acceptors (Lipinski definition) is 16. The van der Waals surface area contributed by atoms with Crippen molar-refractivity contribution >= 4 is 74.2 Å². The normalized spacial score (nSPS) is 20.5. The average Bonchev–Trinajstić information content (AvgIpc) is 1.31. The summed E-state index contributed by atoms with van der Waals surface area (Å²) in [7, 11) is 0. The number of β-amino-alcohol motifs (C(OH)–C–C–N with tert-alkyl or cyclic N) is 1. The zero-order valence-electron chi connectivity index (χ0n) is 50.7. The van der Waals surface area contributed by atoms with Crippen LogP contribution in [0.2, 0.25) is 5.02 Å². The molecule has 0 spiro atoms. The number of aliphatic hydroxyl groups is 1. The summed E-state index contributed by atoms with van der Waals surface area (Å²) in [6.45, 7) is 17.8. The lowest BCUT2D eigenvalue weighted by atomic mass is 9.79. The number of halogens is 2. The number of aliphatic hydroxyl groups excluding tert-OH is 1. The maximum Gasteiger partial charge on any atom is 0.409 e. The summed E-state index contributed by atoms with van der Waals surface area (Å²) < 4.78 is 35.8. The fourth-order valence-corrected chi connectivity index (χ4v) is 14.2. The monoisotopic (exact) mass is 1230 g/mol. The summed E-state index contributed by atoms with van der Waals surface area (Å²) in [5, 5.41) is 34.9. The quantitative estimate of drug-likeness (QED) is 0.0527. The Labute approximate surface area is 516 Å². The van der Waals surface area contributed by atoms with Gasteiger partial charge in [-0.1, -0.05) is 113 Å². The molecule has 0 aliphatic carbocycles. The summed E-state index contributed by atoms with van der Waals surface area (Å²) in [4.78, 5) is 64.6. The van der Waals surface area contributed by atoms with Crippen molar-refractivity contribution in [3.63, 3.8) is 0 Å². The molecule has 8 atom stereocenters. The van der Waals surface area contributed by atoms with Crippen LogP contribution in [0.3, 0.4) is 0 Å². The Kier molecular flexibility index (Phi) is 18.6. The number of aromatic hydroxyl groups is 1. The first kappa shape index (κ1) is 61.5. The maximum absolute atomic E-state index is 17.4. The van der Waals surface area contributed by atoms with E-state index in [1.807, 2.05) is 86.6 Å². The van der Waals surface area contributed by atoms with Crippen LogP contribution in [-0.2, 0) is 14.3 Å². The van der Waals surface area contributed by atoms with Gasteiger partial charge in [-0.15, -0.1) is 11.3 Å². The molecular formula is C66H80ClFN10O8S. The standard InChI is InChI=1S/C66H80ClFN10O8S/c1-8-9-21-66(7,36-85-64-72-59-51(61(73-64)77-32-45-18-19-46(33-77)71-45)30-52(67)57(58(59)68)50-28-47(79)27-44-12-10-11-13-49(44)50)22-20-39(4)35-84-65(83)76-25-23-75(24-26-76)55-31-54(86-74-55)56(38(2)3)63(82)78-34-48(80)29-53(78)62(81)70-40(5)42-14-16-43(17-15-42)60-41(6)69-37-87-60/h10-17,27-28,30-31,37-40,45-46,48,53,56,71,79-80H,8-9,18-26,29,32-36H2,1-7H3,(H,70,81)/t39-,40-,45?,46?,48+,53-,56+,66+/m0/s1. The molecule has 87 heavy (non-hydrogen) atoms. The first-order valence-electron chi connectivity index (χ1n) is 30.8. The van der Waals surface area contributed by atoms with E-state index in [0.29, 0.717) is 67.6 Å². The number of carbonyl (C=O) groups excluding carboxylic acids is 3. The van der Waals surface area contributed by atoms with Crippen molar-refractivity contribution in [1.29, 1.82) is 0 Å². The van der Waals surface area contributed by atoms with Crippen molar-refractivity contribution in [2.75, 3.05) is 68.8 Å². The van der Waals surface area contributed by atoms with Gasteiger partial charge in [0, 0.05) is 86.7 Å². The van der Waals surface area contributed by atoms with Gasteiger partial charge in [0.15, 0.2) is 17.4 Å². The number of nitrogens with one attached hydrogen (secondary N) is 2. The van der Waals surface area contributed by atoms with Gasteiger partial charge in [0.25, 0.3) is 0 Å². The molecule has 3 amide bonds. The van der Waals surface area contributed by atoms with Crippen LogP contribution in [0.1, 0.15) is 122 Å². The fraction of sp³-hybridized carbons (Fsp3) is 0.500. The highest BCUT2D eigenvalue weighted by atomic mass is 35.5. The molecule has 4 saturated heterocycles. The molecule has 2 bridgehead atoms. The van der Waals surface area contributed by atoms with Gasteiger partial charge in [0.05, 0.1) is 46.5 Å². The molecule has 7 aromatic rings. The molecule has 4 aromatic carbocycles. The number of likely N-dealkylation sites (tertiary alicyclic amines) is 1. The second-order valence-corrected chi connectivity index (χ2v) is 26.5. The summed E-state index contributed by atoms with van der Waals surface area (Å²) >= 11 is 8.61. The minimum atomic E-state index is -0.865. The largest absolute Gasteiger partial charge is 0.508 e. The lowest BCUT2D eigenvalue weighted by molar-refractivity contribution is -0.141. The van der Waals surface area contributed by atoms with Crippen LogP contribution in [0.5, 0.6) is 11.8 Å². The number of piperazine rings is 2. The summed E-state index contributed by atoms with van der Waals surface area (Å²) in [6, 6.07) is 21.7. The first-order chi connectivity index (χ1) is 41.8. The zero-order chi connectivity index (χ0) is 61.3. The molecule has 21 heteroatoms. The molecule has 4 N–H and O–H groups in total. The lowest BCUT2D eigenvalue weighted by Gasteiger charge is -2.35. The third kappa shape index (κ3) is 13.5. The van der Waals surface area contributed by atoms with Gasteiger partial charge in [-0.2, -0.15) is 9.97 Å². The number of phenols is 1. The predicted octanol–water partition coefficient (Wildman–Crippen LogP) is 11.8. The molecule has 3 aromatic heterocycles. The minimum Gasteiger partial charge on any atom is -0.508 e. The summed E-state index contributed by atoms with van der Waals surface area (Å²) in [5.74, 6) is -0.704. The van der Waals surface area contributed by atoms with Crippen LogP contribution >= 0.6 is 22.9 Å². The number of aryl methyl sites for hydroxylation is 1. The van der Waals surface area contributed by atoms with E-state index >= 15 is 4.39 Å². The number of unbranched alkanes of at least 4 members (excludes halogenated alkanes) is 1. The van der Waals surface area contributed by atoms with Gasteiger partial charge >= 0.3 is 12.1 Å². The van der Waals surface area contributed by atoms with Crippen LogP contribution < -0.4 is 25.2 Å². The molecule has 462 valence electrons. The van der Waals surface area contributed by atoms with E-state index in [-0.39, 0.29) is 107 Å². The molecule has 0 radical (unpaired) electrons. The van der Waals surface area contributed by atoms with E-state index < -0.39 is 23.9 Å². The SMILES string of the molecule is CCCC[C@](C)(CC[C@H](C)COC(=O)N1CCN(c2cc([C@H](C(=O)N3C[C@H](O)C[C@H]3C(=O)N[C@@H](C)c3ccc(-c4scnc4C)cc3)C(C)C)on2)CC1)COc1nc(N2CC3CCC(C2)N3)c2cc(Cl)c(-c3cc(O)cc4ccccc34)c(F)c2n1. The number of carbonyl (C=O) groups is 3. The molecule has 18 nitrogen and oxygen atoms in total. The highest BCUT2D eigenvalue weighted by molar-refractivity contribution is 7.13. The van der Waals surface area contributed by atoms with Crippen LogP contribution in [0, 0.1) is 30.0 Å². The number of fused-ring (bicyclic) bond motifs is 4. The zero-order valence-corrected chi connectivity index (χ0v) is 52.3. The number of amides is 3. The van der Waals surface area contributed by atoms with Gasteiger partial charge in [0.2, 0.25) is 11.8 Å². The Hall–Kier alpha value is -7.13. The number of rotatable bonds is 21. The lowest BCUT2D eigenvalue weighted by Crippen LogP contribution is -2.51. The summed E-state index contributed by atoms with van der Waals surface area (Å²) in [6.07, 6.45) is 5.34. The highest BCUT2D eigenvalue weighted by Crippen LogP contribution is 2.44. The Bertz CT molecular complexity index is 3600. The van der Waals surface area contributed by atoms with Gasteiger partial charge < -0.3 is 54.4 Å². The van der Waals surface area contributed by atoms with Crippen LogP contribution in [0.4, 0.5) is 20.8 Å². The number of benzene rings is 4. The highest BCUT2D eigenvalue weighted by Gasteiger charge is 2.44. The second kappa shape index (κ2) is 26.3. The molecule has 11 rings (SSSR count). The molecule has 2 unspecified atom stereocenters. The topological polar surface area (TPSA) is 212 Å². The first-order valence-corrected chi connectivity index (χ1v) is 32.1. The van der Waals surface area contributed by atoms with Crippen molar-refractivity contribution in [3.05, 3.63) is 106 Å². The Morgan fingerprint density at radius 2 is 1.69 bits per heavy atom. The van der Waals surface area contributed by atoms with Crippen LogP contribution in [0.25, 0.3) is 43.2 Å². The molecule has 4 aliphatic heterocycles. The van der Waals surface area contributed by atoms with E-state index in [1.54, 1.807) is 40.5 Å². The molecular weight excluding hydrogens is 1150 g/mol. The third-order valence-electron chi connectivity index (χ3n) is 18.1. The number of ether oxygens (including phenoxy) is 2. The maximum atomic E-state index is 17.4. The predicted molar refractivity (Wildman–Crippen MR) is 337 cm³/mol. The Morgan fingerprint density at radius 1 is 0.943 bits per heavy atom. The third-order valence-corrected chi connectivity index (χ3v) is 19.4. The Balaban J connectivity index is 0.690. The molecule has 0 saturated carbocycles. The van der Waals surface area contributed by atoms with Crippen molar-refractivity contribution < 1.29 is 43.0 Å². The smallest absolute Gasteiger partial charge is 0.409 e.